The first-order valence-electron chi connectivity index (χ1n) is 7.02. The van der Waals surface area contributed by atoms with Crippen LogP contribution in [0.5, 0.6) is 0 Å². The lowest BCUT2D eigenvalue weighted by Crippen LogP contribution is -2.15. The molecule has 0 aliphatic carbocycles. The Kier molecular flexibility index (Phi) is 9.50. The van der Waals surface area contributed by atoms with Gasteiger partial charge in [-0.3, -0.25) is 4.79 Å². The predicted octanol–water partition coefficient (Wildman–Crippen LogP) is 5.05. The van der Waals surface area contributed by atoms with Crippen molar-refractivity contribution in [1.29, 1.82) is 0 Å². The van der Waals surface area contributed by atoms with Crippen LogP contribution in [0.4, 0.5) is 13.2 Å². The minimum atomic E-state index is -3.67. The Morgan fingerprint density at radius 1 is 1.05 bits per heavy atom. The quantitative estimate of drug-likeness (QED) is 0.712. The number of esters is 1. The summed E-state index contributed by atoms with van der Waals surface area (Å²) < 4.78 is 34.1. The summed E-state index contributed by atoms with van der Waals surface area (Å²) in [4.78, 5) is 11.8. The van der Waals surface area contributed by atoms with Crippen LogP contribution in [0, 0.1) is 0 Å². The molecule has 1 unspecified atom stereocenters. The molecule has 0 spiro atoms. The van der Waals surface area contributed by atoms with Crippen LogP contribution in [0.3, 0.4) is 0 Å². The zero-order chi connectivity index (χ0) is 16.4. The Morgan fingerprint density at radius 3 is 1.81 bits per heavy atom. The van der Waals surface area contributed by atoms with Crippen LogP contribution < -0.4 is 0 Å². The average Bonchev–Trinajstić information content (AvgIpc) is 2.40. The van der Waals surface area contributed by atoms with Gasteiger partial charge in [0.15, 0.2) is 0 Å². The zero-order valence-electron chi connectivity index (χ0n) is 12.9. The number of carbonyl (C=O) groups is 1. The lowest BCUT2D eigenvalue weighted by molar-refractivity contribution is -0.145. The highest BCUT2D eigenvalue weighted by atomic mass is 19.4. The first kappa shape index (κ1) is 19.5. The summed E-state index contributed by atoms with van der Waals surface area (Å²) in [5, 5.41) is 0. The van der Waals surface area contributed by atoms with Crippen molar-refractivity contribution in [3.63, 3.8) is 0 Å². The summed E-state index contributed by atoms with van der Waals surface area (Å²) in [6, 6.07) is 8.28. The van der Waals surface area contributed by atoms with Gasteiger partial charge in [-0.05, 0) is 30.4 Å². The highest BCUT2D eigenvalue weighted by molar-refractivity contribution is 5.78. The van der Waals surface area contributed by atoms with Crippen LogP contribution in [0.15, 0.2) is 24.3 Å². The van der Waals surface area contributed by atoms with E-state index in [2.05, 4.69) is 26.0 Å². The molecule has 0 N–H and O–H groups in total. The van der Waals surface area contributed by atoms with E-state index < -0.39 is 6.68 Å². The lowest BCUT2D eigenvalue weighted by atomic mass is 9.93. The molecule has 0 heterocycles. The molecule has 1 atom stereocenters. The first-order chi connectivity index (χ1) is 9.83. The van der Waals surface area contributed by atoms with Gasteiger partial charge in [-0.25, -0.2) is 0 Å². The second kappa shape index (κ2) is 10.2. The van der Waals surface area contributed by atoms with Crippen molar-refractivity contribution in [3.05, 3.63) is 35.4 Å². The highest BCUT2D eigenvalue weighted by Crippen LogP contribution is 2.23. The van der Waals surface area contributed by atoms with Gasteiger partial charge in [0.1, 0.15) is 0 Å². The molecule has 0 bridgehead atoms. The molecular weight excluding hydrogens is 281 g/mol. The monoisotopic (exact) mass is 304 g/mol. The Morgan fingerprint density at radius 2 is 1.48 bits per heavy atom. The van der Waals surface area contributed by atoms with Crippen LogP contribution >= 0.6 is 0 Å². The molecule has 0 aliphatic heterocycles. The standard InChI is InChI=1S/C15H22O2.CHF3/c1-5-14(15(16)17-6-2)13-9-7-12(8-10-13)11(3)4;2-1(3)4/h7-11,14H,5-6H2,1-4H3;1H. The third kappa shape index (κ3) is 7.73. The maximum Gasteiger partial charge on any atom is 0.379 e. The number of carbonyl (C=O) groups excluding carboxylic acids is 1. The van der Waals surface area contributed by atoms with E-state index in [9.17, 15) is 18.0 Å². The number of hydrogen-bond donors (Lipinski definition) is 0. The molecule has 1 rings (SSSR count). The van der Waals surface area contributed by atoms with E-state index in [0.29, 0.717) is 12.5 Å². The largest absolute Gasteiger partial charge is 0.466 e. The molecule has 0 saturated carbocycles. The maximum atomic E-state index is 11.8. The summed E-state index contributed by atoms with van der Waals surface area (Å²) in [7, 11) is 0. The molecule has 0 saturated heterocycles. The number of alkyl halides is 3. The fourth-order valence-corrected chi connectivity index (χ4v) is 1.89. The van der Waals surface area contributed by atoms with Gasteiger partial charge in [0.2, 0.25) is 0 Å². The van der Waals surface area contributed by atoms with E-state index in [4.69, 9.17) is 4.74 Å². The second-order valence-corrected chi connectivity index (χ2v) is 4.78. The van der Waals surface area contributed by atoms with Gasteiger partial charge in [0.05, 0.1) is 12.5 Å². The fraction of sp³-hybridized carbons (Fsp3) is 0.562. The normalized spacial score (nSPS) is 11.9. The van der Waals surface area contributed by atoms with Crippen molar-refractivity contribution in [2.75, 3.05) is 6.61 Å². The Balaban J connectivity index is 0.000000885. The molecule has 0 fully saturated rings. The van der Waals surface area contributed by atoms with Gasteiger partial charge >= 0.3 is 12.6 Å². The smallest absolute Gasteiger partial charge is 0.379 e. The molecule has 2 nitrogen and oxygen atoms in total. The van der Waals surface area contributed by atoms with Gasteiger partial charge in [0.25, 0.3) is 0 Å². The van der Waals surface area contributed by atoms with E-state index in [-0.39, 0.29) is 11.9 Å². The number of ether oxygens (including phenoxy) is 1. The summed E-state index contributed by atoms with van der Waals surface area (Å²) >= 11 is 0. The van der Waals surface area contributed by atoms with E-state index in [0.717, 1.165) is 12.0 Å². The van der Waals surface area contributed by atoms with Gasteiger partial charge < -0.3 is 4.74 Å². The van der Waals surface area contributed by atoms with E-state index in [1.807, 2.05) is 26.0 Å². The van der Waals surface area contributed by atoms with Gasteiger partial charge in [0, 0.05) is 0 Å². The molecule has 0 amide bonds. The van der Waals surface area contributed by atoms with Gasteiger partial charge in [-0.2, -0.15) is 13.2 Å². The fourth-order valence-electron chi connectivity index (χ4n) is 1.89. The number of halogens is 3. The topological polar surface area (TPSA) is 26.3 Å². The Bertz CT molecular complexity index is 400. The number of hydrogen-bond acceptors (Lipinski definition) is 2. The highest BCUT2D eigenvalue weighted by Gasteiger charge is 2.19. The molecule has 0 aromatic heterocycles. The lowest BCUT2D eigenvalue weighted by Gasteiger charge is -2.15. The Labute approximate surface area is 124 Å². The molecule has 0 radical (unpaired) electrons. The van der Waals surface area contributed by atoms with Crippen LogP contribution in [-0.2, 0) is 9.53 Å². The third-order valence-corrected chi connectivity index (χ3v) is 2.98. The van der Waals surface area contributed by atoms with E-state index in [1.165, 1.54) is 5.56 Å². The van der Waals surface area contributed by atoms with Crippen LogP contribution in [-0.4, -0.2) is 19.3 Å². The first-order valence-corrected chi connectivity index (χ1v) is 7.02. The Hall–Kier alpha value is -1.52. The average molecular weight is 304 g/mol. The van der Waals surface area contributed by atoms with E-state index >= 15 is 0 Å². The summed E-state index contributed by atoms with van der Waals surface area (Å²) in [6.07, 6.45) is 0.778. The zero-order valence-corrected chi connectivity index (χ0v) is 12.9. The molecule has 1 aromatic carbocycles. The summed E-state index contributed by atoms with van der Waals surface area (Å²) in [6.45, 7) is 4.96. The third-order valence-electron chi connectivity index (χ3n) is 2.98. The van der Waals surface area contributed by atoms with Crippen molar-refractivity contribution in [2.45, 2.75) is 52.6 Å². The molecule has 0 aliphatic rings. The van der Waals surface area contributed by atoms with Gasteiger partial charge in [-0.15, -0.1) is 0 Å². The molecule has 21 heavy (non-hydrogen) atoms. The van der Waals surface area contributed by atoms with Crippen molar-refractivity contribution in [2.24, 2.45) is 0 Å². The van der Waals surface area contributed by atoms with Crippen molar-refractivity contribution in [3.8, 4) is 0 Å². The van der Waals surface area contributed by atoms with Gasteiger partial charge in [-0.1, -0.05) is 45.0 Å². The SMILES string of the molecule is CCOC(=O)C(CC)c1ccc(C(C)C)cc1.FC(F)F. The second-order valence-electron chi connectivity index (χ2n) is 4.78. The predicted molar refractivity (Wildman–Crippen MR) is 77.3 cm³/mol. The summed E-state index contributed by atoms with van der Waals surface area (Å²) in [5.74, 6) is 0.273. The van der Waals surface area contributed by atoms with Crippen molar-refractivity contribution < 1.29 is 22.7 Å². The molecular formula is C16H23F3O2. The van der Waals surface area contributed by atoms with E-state index in [1.54, 1.807) is 0 Å². The minimum Gasteiger partial charge on any atom is -0.466 e. The van der Waals surface area contributed by atoms with Crippen LogP contribution in [0.25, 0.3) is 0 Å². The maximum absolute atomic E-state index is 11.8. The summed E-state index contributed by atoms with van der Waals surface area (Å²) in [5.41, 5.74) is 2.35. The van der Waals surface area contributed by atoms with Crippen molar-refractivity contribution >= 4 is 5.97 Å². The molecule has 120 valence electrons. The van der Waals surface area contributed by atoms with Crippen LogP contribution in [0.2, 0.25) is 0 Å². The molecule has 1 aromatic rings. The minimum absolute atomic E-state index is 0.118. The number of benzene rings is 1. The molecule has 5 heteroatoms. The van der Waals surface area contributed by atoms with Crippen molar-refractivity contribution in [1.82, 2.24) is 0 Å². The number of rotatable bonds is 5. The van der Waals surface area contributed by atoms with Crippen LogP contribution in [0.1, 0.15) is 57.1 Å².